The molecule has 35 heavy (non-hydrogen) atoms. The minimum absolute atomic E-state index is 0.00643. The highest BCUT2D eigenvalue weighted by molar-refractivity contribution is 9.10. The fourth-order valence-corrected chi connectivity index (χ4v) is 5.36. The summed E-state index contributed by atoms with van der Waals surface area (Å²) in [5, 5.41) is 13.8. The Balaban J connectivity index is 1.84. The summed E-state index contributed by atoms with van der Waals surface area (Å²) in [4.78, 5) is 26.9. The molecule has 4 rings (SSSR count). The van der Waals surface area contributed by atoms with Crippen LogP contribution in [-0.4, -0.2) is 30.1 Å². The molecule has 0 amide bonds. The lowest BCUT2D eigenvalue weighted by molar-refractivity contribution is -0.139. The number of benzene rings is 2. The lowest BCUT2D eigenvalue weighted by Gasteiger charge is -2.37. The summed E-state index contributed by atoms with van der Waals surface area (Å²) in [6, 6.07) is 13.5. The van der Waals surface area contributed by atoms with Gasteiger partial charge >= 0.3 is 5.97 Å². The van der Waals surface area contributed by atoms with Crippen molar-refractivity contribution in [1.82, 2.24) is 5.32 Å². The zero-order valence-electron chi connectivity index (χ0n) is 20.2. The number of hydrogen-bond acceptors (Lipinski definition) is 6. The topological polar surface area (TPSA) is 84.9 Å². The summed E-state index contributed by atoms with van der Waals surface area (Å²) < 4.78 is 11.6. The van der Waals surface area contributed by atoms with E-state index in [0.29, 0.717) is 65.1 Å². The predicted molar refractivity (Wildman–Crippen MR) is 137 cm³/mol. The highest BCUT2D eigenvalue weighted by Crippen LogP contribution is 2.48. The van der Waals surface area contributed by atoms with E-state index in [1.54, 1.807) is 12.1 Å². The normalized spacial score (nSPS) is 19.8. The van der Waals surface area contributed by atoms with E-state index in [9.17, 15) is 14.7 Å². The fourth-order valence-electron chi connectivity index (χ4n) is 4.90. The smallest absolute Gasteiger partial charge is 0.336 e. The van der Waals surface area contributed by atoms with Crippen LogP contribution in [-0.2, 0) is 14.3 Å². The first-order chi connectivity index (χ1) is 16.8. The Morgan fingerprint density at radius 1 is 1.14 bits per heavy atom. The maximum absolute atomic E-state index is 13.7. The average molecular weight is 540 g/mol. The number of halogens is 1. The van der Waals surface area contributed by atoms with Gasteiger partial charge in [-0.3, -0.25) is 4.79 Å². The molecule has 6 nitrogen and oxygen atoms in total. The average Bonchev–Trinajstić information content (AvgIpc) is 2.84. The molecule has 184 valence electrons. The van der Waals surface area contributed by atoms with Crippen molar-refractivity contribution in [1.29, 1.82) is 0 Å². The van der Waals surface area contributed by atoms with Gasteiger partial charge in [0.05, 0.1) is 23.3 Å². The number of carbonyl (C=O) groups is 2. The summed E-state index contributed by atoms with van der Waals surface area (Å²) in [7, 11) is 0. The third-order valence-electron chi connectivity index (χ3n) is 6.44. The summed E-state index contributed by atoms with van der Waals surface area (Å²) in [5.41, 5.74) is 4.27. The molecule has 0 saturated heterocycles. The van der Waals surface area contributed by atoms with E-state index in [0.717, 1.165) is 11.3 Å². The Kier molecular flexibility index (Phi) is 7.65. The number of ketones is 1. The first kappa shape index (κ1) is 25.0. The van der Waals surface area contributed by atoms with Crippen LogP contribution in [0.2, 0.25) is 0 Å². The molecule has 7 heteroatoms. The van der Waals surface area contributed by atoms with Crippen molar-refractivity contribution in [3.8, 4) is 11.5 Å². The van der Waals surface area contributed by atoms with Gasteiger partial charge in [0.2, 0.25) is 0 Å². The van der Waals surface area contributed by atoms with E-state index < -0.39 is 11.9 Å². The van der Waals surface area contributed by atoms with Crippen LogP contribution in [0.1, 0.15) is 63.0 Å². The van der Waals surface area contributed by atoms with Crippen LogP contribution in [0.15, 0.2) is 69.5 Å². The van der Waals surface area contributed by atoms with Crippen molar-refractivity contribution in [2.45, 2.75) is 51.9 Å². The number of rotatable bonds is 7. The Bertz CT molecular complexity index is 1200. The number of phenols is 1. The molecule has 2 aromatic rings. The van der Waals surface area contributed by atoms with Crippen LogP contribution in [0.4, 0.5) is 0 Å². The molecule has 1 aliphatic heterocycles. The van der Waals surface area contributed by atoms with Crippen molar-refractivity contribution in [2.24, 2.45) is 0 Å². The molecule has 2 N–H and O–H groups in total. The number of phenolic OH excluding ortho intramolecular Hbond substituents is 1. The van der Waals surface area contributed by atoms with Gasteiger partial charge in [-0.15, -0.1) is 0 Å². The van der Waals surface area contributed by atoms with Gasteiger partial charge in [0.1, 0.15) is 0 Å². The van der Waals surface area contributed by atoms with Crippen molar-refractivity contribution < 1.29 is 24.2 Å². The molecule has 2 atom stereocenters. The van der Waals surface area contributed by atoms with Crippen molar-refractivity contribution >= 4 is 27.7 Å². The molecular formula is C28H30BrNO5. The zero-order valence-corrected chi connectivity index (χ0v) is 21.8. The van der Waals surface area contributed by atoms with Gasteiger partial charge < -0.3 is 19.9 Å². The minimum atomic E-state index is -0.629. The standard InChI is InChI=1S/C28H30BrNO5/c1-4-11-35-28(33)24-16(3)30-21-13-18(17-9-7-6-8-10-17)14-22(31)26(21)25(24)19-12-20(29)27(32)23(15-19)34-5-2/h6-10,12,15,18,25,30,32H,4-5,11,13-14H2,1-3H3/t18-,25-/m0/s1. The number of esters is 1. The molecule has 1 heterocycles. The quantitative estimate of drug-likeness (QED) is 0.428. The van der Waals surface area contributed by atoms with E-state index in [4.69, 9.17) is 9.47 Å². The minimum Gasteiger partial charge on any atom is -0.503 e. The number of aromatic hydroxyl groups is 1. The Morgan fingerprint density at radius 3 is 2.57 bits per heavy atom. The summed E-state index contributed by atoms with van der Waals surface area (Å²) in [5.74, 6) is -0.754. The van der Waals surface area contributed by atoms with Crippen molar-refractivity contribution in [2.75, 3.05) is 13.2 Å². The molecular weight excluding hydrogens is 510 g/mol. The second-order valence-corrected chi connectivity index (χ2v) is 9.70. The molecule has 0 aromatic heterocycles. The number of ether oxygens (including phenoxy) is 2. The summed E-state index contributed by atoms with van der Waals surface area (Å²) in [6.07, 6.45) is 1.71. The van der Waals surface area contributed by atoms with E-state index >= 15 is 0 Å². The van der Waals surface area contributed by atoms with E-state index in [1.165, 1.54) is 0 Å². The molecule has 0 radical (unpaired) electrons. The van der Waals surface area contributed by atoms with Crippen LogP contribution in [0.25, 0.3) is 0 Å². The van der Waals surface area contributed by atoms with Crippen LogP contribution in [0.5, 0.6) is 11.5 Å². The molecule has 2 aliphatic rings. The second kappa shape index (κ2) is 10.7. The number of carbonyl (C=O) groups excluding carboxylic acids is 2. The molecule has 0 bridgehead atoms. The third-order valence-corrected chi connectivity index (χ3v) is 7.04. The van der Waals surface area contributed by atoms with Gasteiger partial charge in [0, 0.05) is 29.3 Å². The Hall–Kier alpha value is -3.06. The van der Waals surface area contributed by atoms with Gasteiger partial charge in [-0.1, -0.05) is 37.3 Å². The van der Waals surface area contributed by atoms with E-state index in [-0.39, 0.29) is 17.5 Å². The monoisotopic (exact) mass is 539 g/mol. The first-order valence-corrected chi connectivity index (χ1v) is 12.8. The maximum Gasteiger partial charge on any atom is 0.336 e. The highest BCUT2D eigenvalue weighted by atomic mass is 79.9. The molecule has 0 spiro atoms. The molecule has 2 aromatic carbocycles. The van der Waals surface area contributed by atoms with Gasteiger partial charge in [-0.05, 0) is 71.8 Å². The SMILES string of the molecule is CCCOC(=O)C1=C(C)NC2=C(C(=O)C[C@@H](c3ccccc3)C2)[C@H]1c1cc(Br)c(O)c(OCC)c1. The van der Waals surface area contributed by atoms with Crippen LogP contribution in [0, 0.1) is 0 Å². The predicted octanol–water partition coefficient (Wildman–Crippen LogP) is 5.87. The third kappa shape index (κ3) is 5.01. The van der Waals surface area contributed by atoms with E-state index in [2.05, 4.69) is 21.2 Å². The first-order valence-electron chi connectivity index (χ1n) is 12.0. The van der Waals surface area contributed by atoms with E-state index in [1.807, 2.05) is 51.1 Å². The number of dihydropyridines is 1. The molecule has 1 aliphatic carbocycles. The van der Waals surface area contributed by atoms with Gasteiger partial charge in [0.25, 0.3) is 0 Å². The maximum atomic E-state index is 13.7. The van der Waals surface area contributed by atoms with Crippen LogP contribution < -0.4 is 10.1 Å². The molecule has 0 fully saturated rings. The Morgan fingerprint density at radius 2 is 1.89 bits per heavy atom. The number of hydrogen-bond donors (Lipinski definition) is 2. The van der Waals surface area contributed by atoms with Crippen LogP contribution in [0.3, 0.4) is 0 Å². The molecule has 0 unspecified atom stereocenters. The zero-order chi connectivity index (χ0) is 25.1. The van der Waals surface area contributed by atoms with Gasteiger partial charge in [-0.25, -0.2) is 4.79 Å². The number of allylic oxidation sites excluding steroid dienone is 3. The molecule has 0 saturated carbocycles. The number of nitrogens with one attached hydrogen (secondary N) is 1. The van der Waals surface area contributed by atoms with Crippen molar-refractivity contribution in [3.05, 3.63) is 80.6 Å². The lowest BCUT2D eigenvalue weighted by atomic mass is 9.71. The summed E-state index contributed by atoms with van der Waals surface area (Å²) in [6.45, 7) is 6.26. The number of Topliss-reactive ketones (excluding diaryl/α,β-unsaturated/α-hetero) is 1. The largest absolute Gasteiger partial charge is 0.503 e. The fraction of sp³-hybridized carbons (Fsp3) is 0.357. The second-order valence-electron chi connectivity index (χ2n) is 8.85. The summed E-state index contributed by atoms with van der Waals surface area (Å²) >= 11 is 3.41. The van der Waals surface area contributed by atoms with Gasteiger partial charge in [0.15, 0.2) is 17.3 Å². The lowest BCUT2D eigenvalue weighted by Crippen LogP contribution is -2.36. The van der Waals surface area contributed by atoms with Crippen LogP contribution >= 0.6 is 15.9 Å². The van der Waals surface area contributed by atoms with Crippen molar-refractivity contribution in [3.63, 3.8) is 0 Å². The highest BCUT2D eigenvalue weighted by Gasteiger charge is 2.41. The van der Waals surface area contributed by atoms with Gasteiger partial charge in [-0.2, -0.15) is 0 Å². The Labute approximate surface area is 214 Å².